The van der Waals surface area contributed by atoms with Crippen molar-refractivity contribution in [1.82, 2.24) is 0 Å². The van der Waals surface area contributed by atoms with Crippen molar-refractivity contribution in [2.75, 3.05) is 11.1 Å². The lowest BCUT2D eigenvalue weighted by Crippen LogP contribution is -2.24. The van der Waals surface area contributed by atoms with Gasteiger partial charge < -0.3 is 10.1 Å². The Morgan fingerprint density at radius 2 is 2.16 bits per heavy atom. The fraction of sp³-hybridized carbons (Fsp3) is 0.500. The molecule has 1 heterocycles. The molecule has 7 heteroatoms. The van der Waals surface area contributed by atoms with E-state index in [0.717, 1.165) is 17.9 Å². The number of ether oxygens (including phenoxy) is 1. The molecule has 2 nitrogen and oxygen atoms in total. The molecule has 1 aromatic carbocycles. The molecule has 1 aliphatic rings. The summed E-state index contributed by atoms with van der Waals surface area (Å²) < 4.78 is 40.6. The normalized spacial score (nSPS) is 23.4. The van der Waals surface area contributed by atoms with E-state index in [1.165, 1.54) is 6.07 Å². The van der Waals surface area contributed by atoms with Crippen molar-refractivity contribution in [3.63, 3.8) is 0 Å². The van der Waals surface area contributed by atoms with Crippen LogP contribution in [0.3, 0.4) is 0 Å². The van der Waals surface area contributed by atoms with Crippen molar-refractivity contribution in [3.8, 4) is 5.75 Å². The second-order valence-corrected chi connectivity index (χ2v) is 6.65. The molecule has 0 amide bonds. The number of rotatable bonds is 3. The van der Waals surface area contributed by atoms with Crippen LogP contribution in [0.25, 0.3) is 0 Å². The molecule has 2 rings (SSSR count). The zero-order chi connectivity index (χ0) is 14.0. The van der Waals surface area contributed by atoms with Gasteiger partial charge in [-0.25, -0.2) is 0 Å². The van der Waals surface area contributed by atoms with Gasteiger partial charge in [0.25, 0.3) is 0 Å². The smallest absolute Gasteiger partial charge is 0.405 e. The van der Waals surface area contributed by atoms with Gasteiger partial charge in [-0.1, -0.05) is 6.92 Å². The zero-order valence-corrected chi connectivity index (χ0v) is 12.5. The minimum Gasteiger partial charge on any atom is -0.405 e. The Balaban J connectivity index is 2.06. The first kappa shape index (κ1) is 14.8. The zero-order valence-electron chi connectivity index (χ0n) is 10.1. The van der Waals surface area contributed by atoms with E-state index in [4.69, 9.17) is 0 Å². The van der Waals surface area contributed by atoms with Gasteiger partial charge in [0.05, 0.1) is 4.47 Å². The van der Waals surface area contributed by atoms with E-state index in [1.54, 1.807) is 12.1 Å². The summed E-state index contributed by atoms with van der Waals surface area (Å²) in [7, 11) is 0. The third-order valence-corrected chi connectivity index (χ3v) is 4.83. The topological polar surface area (TPSA) is 21.3 Å². The Kier molecular flexibility index (Phi) is 4.55. The van der Waals surface area contributed by atoms with Crippen LogP contribution in [0, 0.1) is 0 Å². The fourth-order valence-corrected chi connectivity index (χ4v) is 3.59. The maximum atomic E-state index is 12.1. The molecule has 1 aromatic rings. The molecule has 1 aliphatic heterocycles. The minimum absolute atomic E-state index is 0.230. The molecular weight excluding hydrogens is 343 g/mol. The van der Waals surface area contributed by atoms with Crippen molar-refractivity contribution in [2.24, 2.45) is 0 Å². The predicted molar refractivity (Wildman–Crippen MR) is 74.8 cm³/mol. The van der Waals surface area contributed by atoms with Gasteiger partial charge in [-0.3, -0.25) is 0 Å². The molecular formula is C12H13BrF3NOS. The van der Waals surface area contributed by atoms with Crippen LogP contribution in [-0.4, -0.2) is 23.4 Å². The Morgan fingerprint density at radius 3 is 2.68 bits per heavy atom. The maximum absolute atomic E-state index is 12.1. The molecule has 0 aromatic heterocycles. The summed E-state index contributed by atoms with van der Waals surface area (Å²) in [5, 5.41) is 3.84. The summed E-state index contributed by atoms with van der Waals surface area (Å²) in [6.07, 6.45) is -3.61. The van der Waals surface area contributed by atoms with Crippen LogP contribution in [0.5, 0.6) is 5.75 Å². The van der Waals surface area contributed by atoms with Crippen LogP contribution in [0.2, 0.25) is 0 Å². The van der Waals surface area contributed by atoms with E-state index in [0.29, 0.717) is 11.3 Å². The monoisotopic (exact) mass is 355 g/mol. The average molecular weight is 356 g/mol. The van der Waals surface area contributed by atoms with Crippen molar-refractivity contribution >= 4 is 33.4 Å². The Bertz CT molecular complexity index is 455. The molecule has 0 bridgehead atoms. The number of hydrogen-bond acceptors (Lipinski definition) is 3. The standard InChI is InChI=1S/C12H13BrF3NOS/c1-7-10(4-5-19-7)17-8-2-3-11(9(13)6-8)18-12(14,15)16/h2-3,6-7,10,17H,4-5H2,1H3. The summed E-state index contributed by atoms with van der Waals surface area (Å²) >= 11 is 4.99. The Morgan fingerprint density at radius 1 is 1.42 bits per heavy atom. The summed E-state index contributed by atoms with van der Waals surface area (Å²) in [5.41, 5.74) is 0.792. The van der Waals surface area contributed by atoms with Crippen LogP contribution in [-0.2, 0) is 0 Å². The molecule has 1 N–H and O–H groups in total. The first-order chi connectivity index (χ1) is 8.85. The first-order valence-electron chi connectivity index (χ1n) is 5.78. The van der Waals surface area contributed by atoms with E-state index in [-0.39, 0.29) is 10.2 Å². The number of anilines is 1. The number of halogens is 4. The third kappa shape index (κ3) is 4.21. The number of thioether (sulfide) groups is 1. The Labute approximate surface area is 122 Å². The molecule has 19 heavy (non-hydrogen) atoms. The Hall–Kier alpha value is -0.560. The SMILES string of the molecule is CC1SCCC1Nc1ccc(OC(F)(F)F)c(Br)c1. The second-order valence-electron chi connectivity index (χ2n) is 4.31. The van der Waals surface area contributed by atoms with Crippen LogP contribution < -0.4 is 10.1 Å². The second kappa shape index (κ2) is 5.83. The number of alkyl halides is 3. The highest BCUT2D eigenvalue weighted by Gasteiger charge is 2.32. The highest BCUT2D eigenvalue weighted by Crippen LogP contribution is 2.34. The lowest BCUT2D eigenvalue weighted by atomic mass is 10.1. The van der Waals surface area contributed by atoms with Crippen LogP contribution in [0.4, 0.5) is 18.9 Å². The van der Waals surface area contributed by atoms with E-state index >= 15 is 0 Å². The van der Waals surface area contributed by atoms with Gasteiger partial charge >= 0.3 is 6.36 Å². The van der Waals surface area contributed by atoms with E-state index in [2.05, 4.69) is 32.9 Å². The van der Waals surface area contributed by atoms with Gasteiger partial charge in [0.2, 0.25) is 0 Å². The highest BCUT2D eigenvalue weighted by atomic mass is 79.9. The quantitative estimate of drug-likeness (QED) is 0.852. The van der Waals surface area contributed by atoms with Crippen molar-refractivity contribution in [2.45, 2.75) is 31.0 Å². The number of nitrogens with one attached hydrogen (secondary N) is 1. The van der Waals surface area contributed by atoms with Gasteiger partial charge in [0.15, 0.2) is 0 Å². The minimum atomic E-state index is -4.67. The molecule has 106 valence electrons. The first-order valence-corrected chi connectivity index (χ1v) is 7.63. The molecule has 2 unspecified atom stereocenters. The van der Waals surface area contributed by atoms with Crippen molar-refractivity contribution < 1.29 is 17.9 Å². The molecule has 0 aliphatic carbocycles. The van der Waals surface area contributed by atoms with Gasteiger partial charge in [0.1, 0.15) is 5.75 Å². The maximum Gasteiger partial charge on any atom is 0.573 e. The van der Waals surface area contributed by atoms with Crippen LogP contribution in [0.15, 0.2) is 22.7 Å². The summed E-state index contributed by atoms with van der Waals surface area (Å²) in [6, 6.07) is 4.87. The number of hydrogen-bond donors (Lipinski definition) is 1. The van der Waals surface area contributed by atoms with Crippen LogP contribution in [0.1, 0.15) is 13.3 Å². The molecule has 2 atom stereocenters. The fourth-order valence-electron chi connectivity index (χ4n) is 1.93. The van der Waals surface area contributed by atoms with Crippen molar-refractivity contribution in [3.05, 3.63) is 22.7 Å². The molecule has 1 fully saturated rings. The largest absolute Gasteiger partial charge is 0.573 e. The van der Waals surface area contributed by atoms with Gasteiger partial charge in [-0.2, -0.15) is 11.8 Å². The molecule has 0 saturated carbocycles. The van der Waals surface area contributed by atoms with Gasteiger partial charge in [-0.15, -0.1) is 13.2 Å². The van der Waals surface area contributed by atoms with Gasteiger partial charge in [0, 0.05) is 17.0 Å². The van der Waals surface area contributed by atoms with E-state index in [9.17, 15) is 13.2 Å². The predicted octanol–water partition coefficient (Wildman–Crippen LogP) is 4.65. The summed E-state index contributed by atoms with van der Waals surface area (Å²) in [5.74, 6) is 0.877. The van der Waals surface area contributed by atoms with Gasteiger partial charge in [-0.05, 0) is 46.3 Å². The molecule has 0 spiro atoms. The lowest BCUT2D eigenvalue weighted by Gasteiger charge is -2.19. The van der Waals surface area contributed by atoms with E-state index < -0.39 is 6.36 Å². The van der Waals surface area contributed by atoms with Crippen LogP contribution >= 0.6 is 27.7 Å². The van der Waals surface area contributed by atoms with Crippen molar-refractivity contribution in [1.29, 1.82) is 0 Å². The third-order valence-electron chi connectivity index (χ3n) is 2.89. The highest BCUT2D eigenvalue weighted by molar-refractivity contribution is 9.10. The molecule has 1 saturated heterocycles. The molecule has 0 radical (unpaired) electrons. The van der Waals surface area contributed by atoms with E-state index in [1.807, 2.05) is 11.8 Å². The number of benzene rings is 1. The average Bonchev–Trinajstić information content (AvgIpc) is 2.67. The summed E-state index contributed by atoms with van der Waals surface area (Å²) in [6.45, 7) is 2.14. The summed E-state index contributed by atoms with van der Waals surface area (Å²) in [4.78, 5) is 0. The lowest BCUT2D eigenvalue weighted by molar-refractivity contribution is -0.274.